The van der Waals surface area contributed by atoms with Crippen molar-refractivity contribution in [1.82, 2.24) is 9.78 Å². The maximum atomic E-state index is 12.6. The number of halogens is 3. The SMILES string of the molecule is C[C@@](O)(CC(=O)Nc1cccc(OCCn2cccn2)c1)C(F)(F)F. The molecule has 0 fully saturated rings. The minimum Gasteiger partial charge on any atom is -0.492 e. The van der Waals surface area contributed by atoms with E-state index in [0.29, 0.717) is 25.8 Å². The Morgan fingerprint density at radius 3 is 2.76 bits per heavy atom. The largest absolute Gasteiger partial charge is 0.492 e. The van der Waals surface area contributed by atoms with Crippen LogP contribution in [0.3, 0.4) is 0 Å². The molecule has 1 heterocycles. The second-order valence-corrected chi connectivity index (χ2v) is 5.64. The zero-order chi connectivity index (χ0) is 18.5. The quantitative estimate of drug-likeness (QED) is 0.799. The molecule has 0 aliphatic rings. The molecule has 0 spiro atoms. The molecule has 1 atom stereocenters. The third kappa shape index (κ3) is 5.49. The predicted molar refractivity (Wildman–Crippen MR) is 84.1 cm³/mol. The number of hydrogen-bond acceptors (Lipinski definition) is 4. The van der Waals surface area contributed by atoms with Gasteiger partial charge in [-0.15, -0.1) is 0 Å². The summed E-state index contributed by atoms with van der Waals surface area (Å²) in [5.41, 5.74) is -2.81. The van der Waals surface area contributed by atoms with Crippen molar-refractivity contribution < 1.29 is 27.8 Å². The second kappa shape index (κ2) is 7.56. The van der Waals surface area contributed by atoms with E-state index in [1.54, 1.807) is 35.3 Å². The van der Waals surface area contributed by atoms with Crippen LogP contribution in [0.25, 0.3) is 0 Å². The lowest BCUT2D eigenvalue weighted by atomic mass is 10.0. The highest BCUT2D eigenvalue weighted by atomic mass is 19.4. The van der Waals surface area contributed by atoms with Crippen LogP contribution in [0.5, 0.6) is 5.75 Å². The molecule has 0 aliphatic heterocycles. The second-order valence-electron chi connectivity index (χ2n) is 5.64. The summed E-state index contributed by atoms with van der Waals surface area (Å²) in [5, 5.41) is 15.7. The van der Waals surface area contributed by atoms with Crippen molar-refractivity contribution in [2.24, 2.45) is 0 Å². The number of nitrogens with zero attached hydrogens (tertiary/aromatic N) is 2. The molecule has 9 heteroatoms. The van der Waals surface area contributed by atoms with Gasteiger partial charge in [-0.3, -0.25) is 9.48 Å². The molecule has 0 aliphatic carbocycles. The van der Waals surface area contributed by atoms with Gasteiger partial charge in [0.05, 0.1) is 13.0 Å². The van der Waals surface area contributed by atoms with E-state index in [2.05, 4.69) is 10.4 Å². The summed E-state index contributed by atoms with van der Waals surface area (Å²) in [5.74, 6) is -0.497. The van der Waals surface area contributed by atoms with E-state index in [1.165, 1.54) is 12.1 Å². The average molecular weight is 357 g/mol. The smallest absolute Gasteiger partial charge is 0.417 e. The number of benzene rings is 1. The highest BCUT2D eigenvalue weighted by Gasteiger charge is 2.50. The van der Waals surface area contributed by atoms with Gasteiger partial charge in [0, 0.05) is 24.1 Å². The summed E-state index contributed by atoms with van der Waals surface area (Å²) in [7, 11) is 0. The molecule has 0 bridgehead atoms. The summed E-state index contributed by atoms with van der Waals surface area (Å²) in [6.07, 6.45) is -2.55. The summed E-state index contributed by atoms with van der Waals surface area (Å²) in [4.78, 5) is 11.7. The maximum absolute atomic E-state index is 12.6. The Labute approximate surface area is 142 Å². The Morgan fingerprint density at radius 2 is 2.12 bits per heavy atom. The fourth-order valence-corrected chi connectivity index (χ4v) is 1.97. The van der Waals surface area contributed by atoms with E-state index >= 15 is 0 Å². The molecule has 136 valence electrons. The molecule has 0 saturated heterocycles. The van der Waals surface area contributed by atoms with Crippen LogP contribution in [-0.2, 0) is 11.3 Å². The van der Waals surface area contributed by atoms with Crippen LogP contribution in [-0.4, -0.2) is 39.2 Å². The number of nitrogens with one attached hydrogen (secondary N) is 1. The Bertz CT molecular complexity index is 700. The van der Waals surface area contributed by atoms with Gasteiger partial charge in [0.15, 0.2) is 5.60 Å². The lowest BCUT2D eigenvalue weighted by Gasteiger charge is -2.25. The van der Waals surface area contributed by atoms with Crippen LogP contribution in [0.15, 0.2) is 42.7 Å². The Balaban J connectivity index is 1.89. The van der Waals surface area contributed by atoms with Crippen LogP contribution >= 0.6 is 0 Å². The molecule has 2 N–H and O–H groups in total. The lowest BCUT2D eigenvalue weighted by molar-refractivity contribution is -0.252. The molecule has 1 amide bonds. The Hall–Kier alpha value is -2.55. The molecule has 0 saturated carbocycles. The van der Waals surface area contributed by atoms with Crippen molar-refractivity contribution in [3.63, 3.8) is 0 Å². The maximum Gasteiger partial charge on any atom is 0.417 e. The highest BCUT2D eigenvalue weighted by molar-refractivity contribution is 5.91. The first-order chi connectivity index (χ1) is 11.7. The van der Waals surface area contributed by atoms with Gasteiger partial charge in [-0.1, -0.05) is 6.07 Å². The lowest BCUT2D eigenvalue weighted by Crippen LogP contribution is -2.44. The van der Waals surface area contributed by atoms with Crippen molar-refractivity contribution in [2.45, 2.75) is 31.7 Å². The fraction of sp³-hybridized carbons (Fsp3) is 0.375. The van der Waals surface area contributed by atoms with E-state index in [0.717, 1.165) is 0 Å². The predicted octanol–water partition coefficient (Wildman–Crippen LogP) is 2.60. The van der Waals surface area contributed by atoms with Gasteiger partial charge in [0.2, 0.25) is 5.91 Å². The number of anilines is 1. The van der Waals surface area contributed by atoms with Crippen LogP contribution in [0, 0.1) is 0 Å². The first kappa shape index (κ1) is 18.8. The van der Waals surface area contributed by atoms with Gasteiger partial charge in [0.1, 0.15) is 12.4 Å². The van der Waals surface area contributed by atoms with E-state index in [4.69, 9.17) is 4.74 Å². The number of carbonyl (C=O) groups is 1. The van der Waals surface area contributed by atoms with Gasteiger partial charge in [-0.25, -0.2) is 0 Å². The number of carbonyl (C=O) groups excluding carboxylic acids is 1. The third-order valence-electron chi connectivity index (χ3n) is 3.38. The molecule has 6 nitrogen and oxygen atoms in total. The molecule has 1 aromatic carbocycles. The van der Waals surface area contributed by atoms with Gasteiger partial charge in [0.25, 0.3) is 0 Å². The fourth-order valence-electron chi connectivity index (χ4n) is 1.97. The molecular formula is C16H18F3N3O3. The van der Waals surface area contributed by atoms with E-state index < -0.39 is 24.1 Å². The summed E-state index contributed by atoms with van der Waals surface area (Å²) in [6.45, 7) is 1.42. The van der Waals surface area contributed by atoms with Crippen LogP contribution < -0.4 is 10.1 Å². The van der Waals surface area contributed by atoms with Crippen LogP contribution in [0.2, 0.25) is 0 Å². The Morgan fingerprint density at radius 1 is 1.36 bits per heavy atom. The summed E-state index contributed by atoms with van der Waals surface area (Å²) < 4.78 is 45.0. The van der Waals surface area contributed by atoms with E-state index in [9.17, 15) is 23.1 Å². The normalized spacial score (nSPS) is 14.0. The number of alkyl halides is 3. The van der Waals surface area contributed by atoms with E-state index in [1.807, 2.05) is 0 Å². The molecular weight excluding hydrogens is 339 g/mol. The van der Waals surface area contributed by atoms with E-state index in [-0.39, 0.29) is 5.69 Å². The minimum atomic E-state index is -4.89. The zero-order valence-corrected chi connectivity index (χ0v) is 13.5. The summed E-state index contributed by atoms with van der Waals surface area (Å²) in [6, 6.07) is 8.04. The van der Waals surface area contributed by atoms with Crippen molar-refractivity contribution in [1.29, 1.82) is 0 Å². The monoisotopic (exact) mass is 357 g/mol. The molecule has 25 heavy (non-hydrogen) atoms. The summed E-state index contributed by atoms with van der Waals surface area (Å²) >= 11 is 0. The third-order valence-corrected chi connectivity index (χ3v) is 3.38. The minimum absolute atomic E-state index is 0.277. The molecule has 2 aromatic rings. The standard InChI is InChI=1S/C16H18F3N3O3/c1-15(24,16(17,18)19)11-14(23)21-12-4-2-5-13(10-12)25-9-8-22-7-3-6-20-22/h2-7,10,24H,8-9,11H2,1H3,(H,21,23)/t15-/m1/s1. The first-order valence-corrected chi connectivity index (χ1v) is 7.47. The number of aliphatic hydroxyl groups is 1. The van der Waals surface area contributed by atoms with Crippen LogP contribution in [0.4, 0.5) is 18.9 Å². The van der Waals surface area contributed by atoms with Crippen molar-refractivity contribution in [3.05, 3.63) is 42.7 Å². The number of aromatic nitrogens is 2. The van der Waals surface area contributed by atoms with Crippen molar-refractivity contribution in [3.8, 4) is 5.75 Å². The molecule has 0 unspecified atom stereocenters. The number of ether oxygens (including phenoxy) is 1. The molecule has 2 rings (SSSR count). The van der Waals surface area contributed by atoms with Crippen LogP contribution in [0.1, 0.15) is 13.3 Å². The van der Waals surface area contributed by atoms with Gasteiger partial charge in [-0.05, 0) is 25.1 Å². The van der Waals surface area contributed by atoms with Crippen molar-refractivity contribution >= 4 is 11.6 Å². The number of hydrogen-bond donors (Lipinski definition) is 2. The van der Waals surface area contributed by atoms with Gasteiger partial charge in [-0.2, -0.15) is 18.3 Å². The topological polar surface area (TPSA) is 76.4 Å². The number of amides is 1. The van der Waals surface area contributed by atoms with Crippen molar-refractivity contribution in [2.75, 3.05) is 11.9 Å². The Kier molecular flexibility index (Phi) is 5.68. The first-order valence-electron chi connectivity index (χ1n) is 7.47. The zero-order valence-electron chi connectivity index (χ0n) is 13.5. The van der Waals surface area contributed by atoms with Gasteiger partial charge < -0.3 is 15.2 Å². The van der Waals surface area contributed by atoms with Gasteiger partial charge >= 0.3 is 6.18 Å². The molecule has 1 aromatic heterocycles. The number of rotatable bonds is 7. The highest BCUT2D eigenvalue weighted by Crippen LogP contribution is 2.32. The molecule has 0 radical (unpaired) electrons. The average Bonchev–Trinajstić information content (AvgIpc) is 2.99.